The van der Waals surface area contributed by atoms with Gasteiger partial charge in [0.1, 0.15) is 24.1 Å². The molecular weight excluding hydrogens is 576 g/mol. The van der Waals surface area contributed by atoms with E-state index in [-0.39, 0.29) is 40.7 Å². The second-order valence-electron chi connectivity index (χ2n) is 9.60. The SMILES string of the molecule is CCNC(=O)[C@H](CC)N(Cc1ccc(OC)cc1)C(=O)CN(c1ccc(OC)cc1)S(=O)(=O)c1ccc(C)c([N+](=O)[O-])c1. The Kier molecular flexibility index (Phi) is 11.1. The van der Waals surface area contributed by atoms with Crippen molar-refractivity contribution in [2.75, 3.05) is 31.6 Å². The topological polar surface area (TPSA) is 148 Å². The van der Waals surface area contributed by atoms with Crippen molar-refractivity contribution in [1.82, 2.24) is 10.2 Å². The number of likely N-dealkylation sites (N-methyl/N-ethyl adjacent to an activating group) is 1. The first-order valence-corrected chi connectivity index (χ1v) is 15.0. The molecule has 0 bridgehead atoms. The molecule has 0 radical (unpaired) electrons. The number of aryl methyl sites for hydroxylation is 1. The molecule has 0 aliphatic heterocycles. The molecule has 0 saturated heterocycles. The standard InChI is InChI=1S/C30H36N4O8S/c1-6-27(30(36)31-7-2)32(19-22-9-13-24(41-4)14-10-22)29(35)20-33(23-11-15-25(42-5)16-12-23)43(39,40)26-17-8-21(3)28(18-26)34(37)38/h8-18,27H,6-7,19-20H2,1-5H3,(H,31,36)/t27-/m0/s1. The van der Waals surface area contributed by atoms with Gasteiger partial charge in [-0.15, -0.1) is 0 Å². The molecule has 0 spiro atoms. The number of hydrogen-bond donors (Lipinski definition) is 1. The van der Waals surface area contributed by atoms with Crippen LogP contribution >= 0.6 is 0 Å². The van der Waals surface area contributed by atoms with E-state index in [1.165, 1.54) is 50.3 Å². The lowest BCUT2D eigenvalue weighted by Crippen LogP contribution is -2.52. The van der Waals surface area contributed by atoms with Gasteiger partial charge in [0.2, 0.25) is 11.8 Å². The summed E-state index contributed by atoms with van der Waals surface area (Å²) in [4.78, 5) is 39.1. The summed E-state index contributed by atoms with van der Waals surface area (Å²) in [6.45, 7) is 4.71. The number of nitro groups is 1. The molecule has 12 nitrogen and oxygen atoms in total. The smallest absolute Gasteiger partial charge is 0.273 e. The van der Waals surface area contributed by atoms with Crippen LogP contribution in [0.15, 0.2) is 71.6 Å². The fraction of sp³-hybridized carbons (Fsp3) is 0.333. The van der Waals surface area contributed by atoms with Gasteiger partial charge in [0.05, 0.1) is 29.7 Å². The number of methoxy groups -OCH3 is 2. The number of rotatable bonds is 14. The molecule has 0 fully saturated rings. The number of carbonyl (C=O) groups is 2. The van der Waals surface area contributed by atoms with Gasteiger partial charge in [-0.25, -0.2) is 8.42 Å². The van der Waals surface area contributed by atoms with Gasteiger partial charge in [0.15, 0.2) is 0 Å². The second kappa shape index (κ2) is 14.5. The number of ether oxygens (including phenoxy) is 2. The van der Waals surface area contributed by atoms with E-state index >= 15 is 0 Å². The third-order valence-electron chi connectivity index (χ3n) is 6.85. The lowest BCUT2D eigenvalue weighted by Gasteiger charge is -2.33. The summed E-state index contributed by atoms with van der Waals surface area (Å²) in [5, 5.41) is 14.3. The van der Waals surface area contributed by atoms with E-state index < -0.39 is 33.4 Å². The van der Waals surface area contributed by atoms with Crippen LogP contribution in [-0.4, -0.2) is 63.4 Å². The Hall–Kier alpha value is -4.65. The highest BCUT2D eigenvalue weighted by Crippen LogP contribution is 2.29. The minimum atomic E-state index is -4.50. The first-order valence-electron chi connectivity index (χ1n) is 13.6. The number of nitro benzene ring substituents is 1. The van der Waals surface area contributed by atoms with Gasteiger partial charge in [0, 0.05) is 24.7 Å². The molecule has 3 rings (SSSR count). The summed E-state index contributed by atoms with van der Waals surface area (Å²) >= 11 is 0. The molecule has 13 heteroatoms. The van der Waals surface area contributed by atoms with E-state index in [4.69, 9.17) is 9.47 Å². The fourth-order valence-corrected chi connectivity index (χ4v) is 5.92. The minimum absolute atomic E-state index is 0.0188. The van der Waals surface area contributed by atoms with Crippen molar-refractivity contribution in [3.63, 3.8) is 0 Å². The summed E-state index contributed by atoms with van der Waals surface area (Å²) < 4.78 is 39.4. The van der Waals surface area contributed by atoms with Gasteiger partial charge in [-0.05, 0) is 68.3 Å². The van der Waals surface area contributed by atoms with Gasteiger partial charge in [-0.2, -0.15) is 0 Å². The number of nitrogens with zero attached hydrogens (tertiary/aromatic N) is 3. The molecule has 0 aliphatic rings. The lowest BCUT2D eigenvalue weighted by atomic mass is 10.1. The summed E-state index contributed by atoms with van der Waals surface area (Å²) in [5.74, 6) is 0.0537. The first-order chi connectivity index (χ1) is 20.5. The van der Waals surface area contributed by atoms with Crippen molar-refractivity contribution >= 4 is 33.2 Å². The van der Waals surface area contributed by atoms with Crippen LogP contribution in [0.2, 0.25) is 0 Å². The van der Waals surface area contributed by atoms with Crippen molar-refractivity contribution in [1.29, 1.82) is 0 Å². The Bertz CT molecular complexity index is 1540. The van der Waals surface area contributed by atoms with Crippen molar-refractivity contribution in [3.05, 3.63) is 88.0 Å². The highest BCUT2D eigenvalue weighted by atomic mass is 32.2. The van der Waals surface area contributed by atoms with E-state index in [9.17, 15) is 28.1 Å². The van der Waals surface area contributed by atoms with E-state index in [2.05, 4.69) is 5.32 Å². The largest absolute Gasteiger partial charge is 0.497 e. The molecule has 0 aliphatic carbocycles. The molecule has 0 unspecified atom stereocenters. The maximum absolute atomic E-state index is 14.1. The maximum Gasteiger partial charge on any atom is 0.273 e. The predicted octanol–water partition coefficient (Wildman–Crippen LogP) is 4.06. The Morgan fingerprint density at radius 1 is 0.953 bits per heavy atom. The van der Waals surface area contributed by atoms with Crippen molar-refractivity contribution in [2.45, 2.75) is 44.7 Å². The zero-order chi connectivity index (χ0) is 31.7. The van der Waals surface area contributed by atoms with Crippen LogP contribution in [0.3, 0.4) is 0 Å². The van der Waals surface area contributed by atoms with Crippen molar-refractivity contribution in [2.24, 2.45) is 0 Å². The molecule has 230 valence electrons. The number of sulfonamides is 1. The summed E-state index contributed by atoms with van der Waals surface area (Å²) in [5.41, 5.74) is 0.748. The Morgan fingerprint density at radius 3 is 2.05 bits per heavy atom. The van der Waals surface area contributed by atoms with E-state index in [1.807, 2.05) is 0 Å². The van der Waals surface area contributed by atoms with Crippen LogP contribution in [0, 0.1) is 17.0 Å². The first kappa shape index (κ1) is 32.9. The predicted molar refractivity (Wildman–Crippen MR) is 162 cm³/mol. The number of carbonyl (C=O) groups excluding carboxylic acids is 2. The maximum atomic E-state index is 14.1. The van der Waals surface area contributed by atoms with E-state index in [0.717, 1.165) is 10.4 Å². The van der Waals surface area contributed by atoms with Crippen LogP contribution in [-0.2, 0) is 26.2 Å². The quantitative estimate of drug-likeness (QED) is 0.212. The highest BCUT2D eigenvalue weighted by Gasteiger charge is 2.34. The fourth-order valence-electron chi connectivity index (χ4n) is 4.49. The van der Waals surface area contributed by atoms with Crippen LogP contribution in [0.5, 0.6) is 11.5 Å². The second-order valence-corrected chi connectivity index (χ2v) is 11.5. The lowest BCUT2D eigenvalue weighted by molar-refractivity contribution is -0.385. The number of benzene rings is 3. The average Bonchev–Trinajstić information content (AvgIpc) is 3.00. The molecule has 3 aromatic rings. The molecule has 3 aromatic carbocycles. The van der Waals surface area contributed by atoms with Gasteiger partial charge in [-0.1, -0.05) is 25.1 Å². The summed E-state index contributed by atoms with van der Waals surface area (Å²) in [6.07, 6.45) is 0.271. The van der Waals surface area contributed by atoms with Crippen molar-refractivity contribution < 1.29 is 32.4 Å². The summed E-state index contributed by atoms with van der Waals surface area (Å²) in [6, 6.07) is 15.7. The highest BCUT2D eigenvalue weighted by molar-refractivity contribution is 7.92. The van der Waals surface area contributed by atoms with Gasteiger partial charge < -0.3 is 19.7 Å². The molecule has 0 aromatic heterocycles. The Balaban J connectivity index is 2.11. The number of amides is 2. The molecule has 1 N–H and O–H groups in total. The van der Waals surface area contributed by atoms with Crippen LogP contribution in [0.4, 0.5) is 11.4 Å². The average molecular weight is 613 g/mol. The third-order valence-corrected chi connectivity index (χ3v) is 8.62. The number of hydrogen-bond acceptors (Lipinski definition) is 8. The minimum Gasteiger partial charge on any atom is -0.497 e. The zero-order valence-electron chi connectivity index (χ0n) is 24.8. The Labute approximate surface area is 251 Å². The number of anilines is 1. The van der Waals surface area contributed by atoms with E-state index in [0.29, 0.717) is 23.6 Å². The normalized spacial score (nSPS) is 11.7. The Morgan fingerprint density at radius 2 is 1.53 bits per heavy atom. The molecule has 1 atom stereocenters. The van der Waals surface area contributed by atoms with Gasteiger partial charge >= 0.3 is 0 Å². The zero-order valence-corrected chi connectivity index (χ0v) is 25.6. The monoisotopic (exact) mass is 612 g/mol. The van der Waals surface area contributed by atoms with E-state index in [1.54, 1.807) is 50.2 Å². The van der Waals surface area contributed by atoms with Crippen LogP contribution in [0.1, 0.15) is 31.4 Å². The molecule has 43 heavy (non-hydrogen) atoms. The molecule has 2 amide bonds. The third kappa shape index (κ3) is 7.80. The van der Waals surface area contributed by atoms with Crippen LogP contribution in [0.25, 0.3) is 0 Å². The van der Waals surface area contributed by atoms with Crippen LogP contribution < -0.4 is 19.1 Å². The molecular formula is C30H36N4O8S. The van der Waals surface area contributed by atoms with Gasteiger partial charge in [0.25, 0.3) is 15.7 Å². The molecule has 0 heterocycles. The van der Waals surface area contributed by atoms with Crippen molar-refractivity contribution in [3.8, 4) is 11.5 Å². The number of nitrogens with one attached hydrogen (secondary N) is 1. The van der Waals surface area contributed by atoms with Gasteiger partial charge in [-0.3, -0.25) is 24.0 Å². The summed E-state index contributed by atoms with van der Waals surface area (Å²) in [7, 11) is -1.50. The molecule has 0 saturated carbocycles.